The third-order valence-corrected chi connectivity index (χ3v) is 3.56. The summed E-state index contributed by atoms with van der Waals surface area (Å²) in [5, 5.41) is 0. The summed E-state index contributed by atoms with van der Waals surface area (Å²) in [6.07, 6.45) is 2.43. The van der Waals surface area contributed by atoms with Gasteiger partial charge in [-0.15, -0.1) is 0 Å². The van der Waals surface area contributed by atoms with Crippen LogP contribution in [0.5, 0.6) is 0 Å². The molecule has 0 radical (unpaired) electrons. The zero-order valence-electron chi connectivity index (χ0n) is 12.1. The Morgan fingerprint density at radius 3 is 2.95 bits per heavy atom. The lowest BCUT2D eigenvalue weighted by Gasteiger charge is -2.32. The van der Waals surface area contributed by atoms with E-state index in [1.165, 1.54) is 4.90 Å². The van der Waals surface area contributed by atoms with Crippen LogP contribution in [0.25, 0.3) is 0 Å². The number of halogens is 2. The van der Waals surface area contributed by atoms with Crippen molar-refractivity contribution in [1.82, 2.24) is 4.90 Å². The largest absolute Gasteiger partial charge is 0.396 e. The molecule has 6 heteroatoms. The van der Waals surface area contributed by atoms with Crippen molar-refractivity contribution in [2.75, 3.05) is 25.4 Å². The van der Waals surface area contributed by atoms with Crippen molar-refractivity contribution in [3.8, 4) is 0 Å². The number of likely N-dealkylation sites (tertiary alicyclic amines) is 1. The fourth-order valence-electron chi connectivity index (χ4n) is 2.47. The van der Waals surface area contributed by atoms with Crippen LogP contribution in [0.15, 0.2) is 12.1 Å². The molecule has 1 aromatic rings. The van der Waals surface area contributed by atoms with Gasteiger partial charge in [0.25, 0.3) is 5.91 Å². The van der Waals surface area contributed by atoms with E-state index in [2.05, 4.69) is 0 Å². The number of amides is 1. The highest BCUT2D eigenvalue weighted by Gasteiger charge is 2.29. The molecule has 21 heavy (non-hydrogen) atoms. The predicted octanol–water partition coefficient (Wildman–Crippen LogP) is 2.58. The Hall–Kier alpha value is -1.69. The summed E-state index contributed by atoms with van der Waals surface area (Å²) in [6, 6.07) is 2.13. The number of nitrogens with zero attached hydrogens (tertiary/aromatic N) is 1. The summed E-state index contributed by atoms with van der Waals surface area (Å²) in [5.74, 6) is -2.54. The Bertz CT molecular complexity index is 523. The van der Waals surface area contributed by atoms with E-state index in [4.69, 9.17) is 10.5 Å². The first kappa shape index (κ1) is 15.7. The Balaban J connectivity index is 2.14. The van der Waals surface area contributed by atoms with Gasteiger partial charge >= 0.3 is 0 Å². The monoisotopic (exact) mass is 298 g/mol. The van der Waals surface area contributed by atoms with Gasteiger partial charge in [-0.25, -0.2) is 8.78 Å². The molecule has 1 aliphatic heterocycles. The van der Waals surface area contributed by atoms with Crippen LogP contribution >= 0.6 is 0 Å². The zero-order chi connectivity index (χ0) is 15.4. The standard InChI is InChI=1S/C15H20F2N2O2/c1-2-8-21-10-4-3-7-19(9-10)15(20)13-11(16)5-6-12(18)14(13)17/h5-6,10H,2-4,7-9,18H2,1H3. The van der Waals surface area contributed by atoms with Crippen LogP contribution in [0.3, 0.4) is 0 Å². The lowest BCUT2D eigenvalue weighted by molar-refractivity contribution is 0.00181. The van der Waals surface area contributed by atoms with Crippen molar-refractivity contribution in [3.05, 3.63) is 29.3 Å². The second kappa shape index (κ2) is 6.85. The van der Waals surface area contributed by atoms with E-state index < -0.39 is 23.1 Å². The summed E-state index contributed by atoms with van der Waals surface area (Å²) in [7, 11) is 0. The van der Waals surface area contributed by atoms with Gasteiger partial charge in [0.2, 0.25) is 0 Å². The Morgan fingerprint density at radius 1 is 1.48 bits per heavy atom. The molecule has 0 spiro atoms. The smallest absolute Gasteiger partial charge is 0.260 e. The maximum absolute atomic E-state index is 13.9. The first-order chi connectivity index (χ1) is 10.0. The molecular formula is C15H20F2N2O2. The fraction of sp³-hybridized carbons (Fsp3) is 0.533. The van der Waals surface area contributed by atoms with Crippen molar-refractivity contribution >= 4 is 11.6 Å². The molecule has 1 unspecified atom stereocenters. The normalized spacial score (nSPS) is 18.8. The van der Waals surface area contributed by atoms with E-state index in [1.807, 2.05) is 6.92 Å². The summed E-state index contributed by atoms with van der Waals surface area (Å²) >= 11 is 0. The highest BCUT2D eigenvalue weighted by molar-refractivity contribution is 5.95. The van der Waals surface area contributed by atoms with Gasteiger partial charge in [-0.2, -0.15) is 0 Å². The van der Waals surface area contributed by atoms with Crippen LogP contribution in [0, 0.1) is 11.6 Å². The van der Waals surface area contributed by atoms with Crippen molar-refractivity contribution in [2.45, 2.75) is 32.3 Å². The van der Waals surface area contributed by atoms with E-state index in [1.54, 1.807) is 0 Å². The Labute approximate surface area is 122 Å². The molecule has 1 fully saturated rings. The molecule has 0 aliphatic carbocycles. The van der Waals surface area contributed by atoms with Crippen LogP contribution in [-0.4, -0.2) is 36.6 Å². The molecule has 2 N–H and O–H groups in total. The molecule has 0 bridgehead atoms. The molecule has 0 aromatic heterocycles. The highest BCUT2D eigenvalue weighted by atomic mass is 19.1. The van der Waals surface area contributed by atoms with E-state index in [-0.39, 0.29) is 11.8 Å². The topological polar surface area (TPSA) is 55.6 Å². The van der Waals surface area contributed by atoms with Crippen molar-refractivity contribution in [3.63, 3.8) is 0 Å². The summed E-state index contributed by atoms with van der Waals surface area (Å²) in [5.41, 5.74) is 4.61. The van der Waals surface area contributed by atoms with Crippen LogP contribution in [0.4, 0.5) is 14.5 Å². The maximum atomic E-state index is 13.9. The number of anilines is 1. The number of ether oxygens (including phenoxy) is 1. The van der Waals surface area contributed by atoms with Gasteiger partial charge < -0.3 is 15.4 Å². The van der Waals surface area contributed by atoms with Gasteiger partial charge in [0.1, 0.15) is 11.4 Å². The quantitative estimate of drug-likeness (QED) is 0.869. The second-order valence-corrected chi connectivity index (χ2v) is 5.21. The Morgan fingerprint density at radius 2 is 2.24 bits per heavy atom. The average molecular weight is 298 g/mol. The Kier molecular flexibility index (Phi) is 5.12. The minimum atomic E-state index is -0.989. The third-order valence-electron chi connectivity index (χ3n) is 3.56. The lowest BCUT2D eigenvalue weighted by atomic mass is 10.1. The van der Waals surface area contributed by atoms with Crippen LogP contribution in [0.1, 0.15) is 36.5 Å². The van der Waals surface area contributed by atoms with Gasteiger partial charge in [0.05, 0.1) is 11.8 Å². The molecule has 1 atom stereocenters. The summed E-state index contributed by atoms with van der Waals surface area (Å²) in [6.45, 7) is 3.45. The van der Waals surface area contributed by atoms with Crippen molar-refractivity contribution < 1.29 is 18.3 Å². The summed E-state index contributed by atoms with van der Waals surface area (Å²) < 4.78 is 33.3. The predicted molar refractivity (Wildman–Crippen MR) is 75.9 cm³/mol. The van der Waals surface area contributed by atoms with E-state index >= 15 is 0 Å². The number of carbonyl (C=O) groups is 1. The van der Waals surface area contributed by atoms with Gasteiger partial charge in [-0.1, -0.05) is 6.92 Å². The number of nitrogens with two attached hydrogens (primary N) is 1. The minimum Gasteiger partial charge on any atom is -0.396 e. The van der Waals surface area contributed by atoms with Gasteiger partial charge in [-0.3, -0.25) is 4.79 Å². The SMILES string of the molecule is CCCOC1CCCN(C(=O)c2c(F)ccc(N)c2F)C1. The van der Waals surface area contributed by atoms with Crippen LogP contribution in [-0.2, 0) is 4.74 Å². The first-order valence-corrected chi connectivity index (χ1v) is 7.19. The number of nitrogen functional groups attached to an aromatic ring is 1. The van der Waals surface area contributed by atoms with Crippen molar-refractivity contribution in [2.24, 2.45) is 0 Å². The highest BCUT2D eigenvalue weighted by Crippen LogP contribution is 2.23. The molecule has 116 valence electrons. The molecule has 1 aliphatic rings. The number of hydrogen-bond donors (Lipinski definition) is 1. The summed E-state index contributed by atoms with van der Waals surface area (Å²) in [4.78, 5) is 13.8. The average Bonchev–Trinajstić information content (AvgIpc) is 2.49. The van der Waals surface area contributed by atoms with Gasteiger partial charge in [-0.05, 0) is 31.4 Å². The molecule has 1 amide bonds. The zero-order valence-corrected chi connectivity index (χ0v) is 12.1. The first-order valence-electron chi connectivity index (χ1n) is 7.19. The molecule has 1 saturated heterocycles. The van der Waals surface area contributed by atoms with Crippen molar-refractivity contribution in [1.29, 1.82) is 0 Å². The van der Waals surface area contributed by atoms with E-state index in [9.17, 15) is 13.6 Å². The fourth-order valence-corrected chi connectivity index (χ4v) is 2.47. The molecule has 1 heterocycles. The number of piperidine rings is 1. The van der Waals surface area contributed by atoms with E-state index in [0.717, 1.165) is 31.4 Å². The van der Waals surface area contributed by atoms with E-state index in [0.29, 0.717) is 19.7 Å². The lowest BCUT2D eigenvalue weighted by Crippen LogP contribution is -2.44. The van der Waals surface area contributed by atoms with Crippen LogP contribution < -0.4 is 5.73 Å². The van der Waals surface area contributed by atoms with Gasteiger partial charge in [0.15, 0.2) is 5.82 Å². The molecule has 0 saturated carbocycles. The molecule has 2 rings (SSSR count). The maximum Gasteiger partial charge on any atom is 0.260 e. The number of carbonyl (C=O) groups excluding carboxylic acids is 1. The number of rotatable bonds is 4. The molecule has 1 aromatic carbocycles. The number of hydrogen-bond acceptors (Lipinski definition) is 3. The molecule has 4 nitrogen and oxygen atoms in total. The third kappa shape index (κ3) is 3.50. The number of benzene rings is 1. The van der Waals surface area contributed by atoms with Gasteiger partial charge in [0, 0.05) is 19.7 Å². The van der Waals surface area contributed by atoms with Crippen LogP contribution in [0.2, 0.25) is 0 Å². The minimum absolute atomic E-state index is 0.0742. The second-order valence-electron chi connectivity index (χ2n) is 5.21. The molecular weight excluding hydrogens is 278 g/mol.